The first kappa shape index (κ1) is 15.1. The van der Waals surface area contributed by atoms with Crippen molar-refractivity contribution in [1.82, 2.24) is 4.72 Å². The largest absolute Gasteiger partial charge is 0.384 e. The summed E-state index contributed by atoms with van der Waals surface area (Å²) in [5.41, 5.74) is 0.602. The second-order valence-corrected chi connectivity index (χ2v) is 6.80. The Balaban J connectivity index is 2.64. The highest BCUT2D eigenvalue weighted by molar-refractivity contribution is 7.89. The van der Waals surface area contributed by atoms with Gasteiger partial charge in [0.25, 0.3) is 0 Å². The van der Waals surface area contributed by atoms with Crippen molar-refractivity contribution in [1.29, 1.82) is 0 Å². The van der Waals surface area contributed by atoms with E-state index in [0.29, 0.717) is 6.42 Å². The van der Waals surface area contributed by atoms with Crippen LogP contribution in [0, 0.1) is 0 Å². The van der Waals surface area contributed by atoms with Crippen molar-refractivity contribution in [3.63, 3.8) is 0 Å². The molecule has 0 radical (unpaired) electrons. The zero-order valence-electron chi connectivity index (χ0n) is 11.1. The van der Waals surface area contributed by atoms with Gasteiger partial charge in [-0.2, -0.15) is 0 Å². The highest BCUT2D eigenvalue weighted by atomic mass is 32.2. The van der Waals surface area contributed by atoms with Gasteiger partial charge in [0.1, 0.15) is 0 Å². The molecule has 0 aliphatic carbocycles. The Bertz CT molecular complexity index is 454. The summed E-state index contributed by atoms with van der Waals surface area (Å²) in [6.07, 6.45) is 0.653. The summed E-state index contributed by atoms with van der Waals surface area (Å²) in [6.45, 7) is 3.96. The van der Waals surface area contributed by atoms with E-state index in [1.54, 1.807) is 0 Å². The summed E-state index contributed by atoms with van der Waals surface area (Å²) < 4.78 is 31.1. The van der Waals surface area contributed by atoms with E-state index >= 15 is 0 Å². The van der Waals surface area contributed by atoms with Gasteiger partial charge in [0.05, 0.1) is 12.4 Å². The van der Waals surface area contributed by atoms with Gasteiger partial charge < -0.3 is 4.74 Å². The molecular formula is C13H21NO3S. The number of hydrogen-bond acceptors (Lipinski definition) is 3. The van der Waals surface area contributed by atoms with Crippen LogP contribution in [0.4, 0.5) is 0 Å². The van der Waals surface area contributed by atoms with Gasteiger partial charge in [-0.05, 0) is 25.8 Å². The fraction of sp³-hybridized carbons (Fsp3) is 0.538. The van der Waals surface area contributed by atoms with Crippen molar-refractivity contribution < 1.29 is 13.2 Å². The number of ether oxygens (including phenoxy) is 1. The average Bonchev–Trinajstić information content (AvgIpc) is 2.25. The molecule has 18 heavy (non-hydrogen) atoms. The molecule has 1 N–H and O–H groups in total. The third-order valence-electron chi connectivity index (χ3n) is 2.48. The third kappa shape index (κ3) is 5.62. The molecule has 0 atom stereocenters. The maximum atomic E-state index is 11.8. The van der Waals surface area contributed by atoms with Gasteiger partial charge in [0, 0.05) is 12.6 Å². The molecule has 0 saturated heterocycles. The summed E-state index contributed by atoms with van der Waals surface area (Å²) in [5, 5.41) is 0. The molecule has 0 unspecified atom stereocenters. The molecule has 0 heterocycles. The molecule has 0 amide bonds. The normalized spacial score (nSPS) is 12.6. The van der Waals surface area contributed by atoms with Crippen LogP contribution in [0.3, 0.4) is 0 Å². The first-order valence-corrected chi connectivity index (χ1v) is 7.54. The highest BCUT2D eigenvalue weighted by Crippen LogP contribution is 2.13. The van der Waals surface area contributed by atoms with E-state index in [-0.39, 0.29) is 12.4 Å². The molecule has 0 bridgehead atoms. The van der Waals surface area contributed by atoms with Crippen molar-refractivity contribution in [3.05, 3.63) is 35.9 Å². The first-order chi connectivity index (χ1) is 8.35. The van der Waals surface area contributed by atoms with Crippen LogP contribution in [0.1, 0.15) is 19.4 Å². The molecule has 1 aromatic carbocycles. The highest BCUT2D eigenvalue weighted by Gasteiger charge is 2.24. The minimum atomic E-state index is -3.30. The third-order valence-corrected chi connectivity index (χ3v) is 4.04. The van der Waals surface area contributed by atoms with Gasteiger partial charge in [-0.15, -0.1) is 0 Å². The van der Waals surface area contributed by atoms with Crippen molar-refractivity contribution in [2.24, 2.45) is 0 Å². The minimum absolute atomic E-state index is 0.0122. The predicted molar refractivity (Wildman–Crippen MR) is 73.0 cm³/mol. The molecule has 1 rings (SSSR count). The van der Waals surface area contributed by atoms with Crippen molar-refractivity contribution in [2.45, 2.75) is 25.8 Å². The number of rotatable bonds is 7. The Hall–Kier alpha value is -0.910. The molecule has 0 fully saturated rings. The maximum absolute atomic E-state index is 11.8. The van der Waals surface area contributed by atoms with E-state index in [9.17, 15) is 8.42 Å². The molecular weight excluding hydrogens is 250 g/mol. The molecule has 102 valence electrons. The zero-order chi connectivity index (χ0) is 13.6. The Morgan fingerprint density at radius 3 is 2.39 bits per heavy atom. The van der Waals surface area contributed by atoms with Crippen molar-refractivity contribution >= 4 is 10.0 Å². The SMILES string of the molecule is COCCS(=O)(=O)NC(C)(C)Cc1ccccc1. The van der Waals surface area contributed by atoms with Gasteiger partial charge in [0.15, 0.2) is 0 Å². The van der Waals surface area contributed by atoms with Gasteiger partial charge in [0.2, 0.25) is 10.0 Å². The van der Waals surface area contributed by atoms with Crippen LogP contribution in [0.5, 0.6) is 0 Å². The minimum Gasteiger partial charge on any atom is -0.384 e. The quantitative estimate of drug-likeness (QED) is 0.819. The van der Waals surface area contributed by atoms with Gasteiger partial charge >= 0.3 is 0 Å². The number of benzene rings is 1. The van der Waals surface area contributed by atoms with Crippen LogP contribution in [0.25, 0.3) is 0 Å². The molecule has 0 spiro atoms. The van der Waals surface area contributed by atoms with E-state index in [1.807, 2.05) is 44.2 Å². The fourth-order valence-electron chi connectivity index (χ4n) is 1.81. The molecule has 4 nitrogen and oxygen atoms in total. The Morgan fingerprint density at radius 2 is 1.83 bits per heavy atom. The number of hydrogen-bond donors (Lipinski definition) is 1. The predicted octanol–water partition coefficient (Wildman–Crippen LogP) is 1.57. The Kier molecular flexibility index (Phi) is 5.31. The van der Waals surface area contributed by atoms with E-state index in [2.05, 4.69) is 4.72 Å². The van der Waals surface area contributed by atoms with Gasteiger partial charge in [-0.25, -0.2) is 13.1 Å². The molecule has 5 heteroatoms. The van der Waals surface area contributed by atoms with E-state index in [4.69, 9.17) is 4.74 Å². The standard InChI is InChI=1S/C13H21NO3S/c1-13(2,11-12-7-5-4-6-8-12)14-18(15,16)10-9-17-3/h4-8,14H,9-11H2,1-3H3. The zero-order valence-corrected chi connectivity index (χ0v) is 12.0. The van der Waals surface area contributed by atoms with Crippen LogP contribution >= 0.6 is 0 Å². The Labute approximate surface area is 109 Å². The van der Waals surface area contributed by atoms with Gasteiger partial charge in [-0.1, -0.05) is 30.3 Å². The van der Waals surface area contributed by atoms with Crippen molar-refractivity contribution in [2.75, 3.05) is 19.5 Å². The van der Waals surface area contributed by atoms with E-state index < -0.39 is 15.6 Å². The Morgan fingerprint density at radius 1 is 1.22 bits per heavy atom. The topological polar surface area (TPSA) is 55.4 Å². The van der Waals surface area contributed by atoms with E-state index in [1.165, 1.54) is 7.11 Å². The average molecular weight is 271 g/mol. The summed E-state index contributed by atoms with van der Waals surface area (Å²) in [6, 6.07) is 9.82. The summed E-state index contributed by atoms with van der Waals surface area (Å²) in [4.78, 5) is 0. The lowest BCUT2D eigenvalue weighted by Gasteiger charge is -2.26. The van der Waals surface area contributed by atoms with Crippen LogP contribution < -0.4 is 4.72 Å². The first-order valence-electron chi connectivity index (χ1n) is 5.89. The molecule has 0 saturated carbocycles. The summed E-state index contributed by atoms with van der Waals surface area (Å²) in [7, 11) is -1.81. The van der Waals surface area contributed by atoms with Crippen LogP contribution in [-0.4, -0.2) is 33.4 Å². The molecule has 0 aliphatic heterocycles. The smallest absolute Gasteiger partial charge is 0.214 e. The number of nitrogens with one attached hydrogen (secondary N) is 1. The molecule has 0 aromatic heterocycles. The number of sulfonamides is 1. The molecule has 1 aromatic rings. The summed E-state index contributed by atoms with van der Waals surface area (Å²) in [5.74, 6) is -0.0122. The fourth-order valence-corrected chi connectivity index (χ4v) is 3.21. The monoisotopic (exact) mass is 271 g/mol. The lowest BCUT2D eigenvalue weighted by Crippen LogP contribution is -2.46. The summed E-state index contributed by atoms with van der Waals surface area (Å²) >= 11 is 0. The lowest BCUT2D eigenvalue weighted by atomic mass is 9.96. The second-order valence-electron chi connectivity index (χ2n) is 4.96. The van der Waals surface area contributed by atoms with Crippen LogP contribution in [0.2, 0.25) is 0 Å². The second kappa shape index (κ2) is 6.31. The van der Waals surface area contributed by atoms with E-state index in [0.717, 1.165) is 5.56 Å². The van der Waals surface area contributed by atoms with Crippen LogP contribution in [-0.2, 0) is 21.2 Å². The van der Waals surface area contributed by atoms with Crippen molar-refractivity contribution in [3.8, 4) is 0 Å². The molecule has 0 aliphatic rings. The van der Waals surface area contributed by atoms with Gasteiger partial charge in [-0.3, -0.25) is 0 Å². The number of methoxy groups -OCH3 is 1. The van der Waals surface area contributed by atoms with Crippen LogP contribution in [0.15, 0.2) is 30.3 Å². The maximum Gasteiger partial charge on any atom is 0.214 e. The lowest BCUT2D eigenvalue weighted by molar-refractivity contribution is 0.216.